The standard InChI is InChI=1S/C11H10O4/c1-2-3-7-6-8(4-5-9(7)12)10(13)11(14)15/h2,4-6,12H,1,3H2,(H,14,15). The van der Waals surface area contributed by atoms with Gasteiger partial charge in [0, 0.05) is 5.56 Å². The van der Waals surface area contributed by atoms with Crippen LogP contribution in [0.15, 0.2) is 30.9 Å². The summed E-state index contributed by atoms with van der Waals surface area (Å²) in [5.74, 6) is -2.47. The van der Waals surface area contributed by atoms with E-state index in [1.54, 1.807) is 6.08 Å². The number of carbonyl (C=O) groups excluding carboxylic acids is 1. The van der Waals surface area contributed by atoms with Crippen LogP contribution in [-0.2, 0) is 11.2 Å². The van der Waals surface area contributed by atoms with Crippen molar-refractivity contribution in [3.63, 3.8) is 0 Å². The summed E-state index contributed by atoms with van der Waals surface area (Å²) in [5, 5.41) is 17.9. The van der Waals surface area contributed by atoms with E-state index in [2.05, 4.69) is 6.58 Å². The second-order valence-electron chi connectivity index (χ2n) is 2.97. The molecule has 0 bridgehead atoms. The van der Waals surface area contributed by atoms with Crippen LogP contribution in [0, 0.1) is 0 Å². The van der Waals surface area contributed by atoms with Gasteiger partial charge < -0.3 is 10.2 Å². The fraction of sp³-hybridized carbons (Fsp3) is 0.0909. The van der Waals surface area contributed by atoms with Crippen LogP contribution < -0.4 is 0 Å². The van der Waals surface area contributed by atoms with Crippen molar-refractivity contribution in [1.82, 2.24) is 0 Å². The zero-order chi connectivity index (χ0) is 11.4. The molecule has 1 aromatic carbocycles. The molecular weight excluding hydrogens is 196 g/mol. The molecule has 15 heavy (non-hydrogen) atoms. The molecule has 1 aromatic rings. The monoisotopic (exact) mass is 206 g/mol. The first-order valence-electron chi connectivity index (χ1n) is 4.26. The highest BCUT2D eigenvalue weighted by atomic mass is 16.4. The van der Waals surface area contributed by atoms with Crippen LogP contribution in [0.2, 0.25) is 0 Å². The van der Waals surface area contributed by atoms with Crippen molar-refractivity contribution in [2.45, 2.75) is 6.42 Å². The number of Topliss-reactive ketones (excluding diaryl/α,β-unsaturated/α-hetero) is 1. The predicted octanol–water partition coefficient (Wildman–Crippen LogP) is 1.39. The lowest BCUT2D eigenvalue weighted by Gasteiger charge is -2.03. The molecule has 0 aliphatic heterocycles. The number of carbonyl (C=O) groups is 2. The minimum absolute atomic E-state index is 0.0249. The van der Waals surface area contributed by atoms with Crippen molar-refractivity contribution >= 4 is 11.8 Å². The number of aliphatic carboxylic acids is 1. The minimum Gasteiger partial charge on any atom is -0.508 e. The first-order valence-corrected chi connectivity index (χ1v) is 4.26. The number of phenolic OH excluding ortho intramolecular Hbond substituents is 1. The Bertz CT molecular complexity index is 421. The van der Waals surface area contributed by atoms with Crippen LogP contribution in [0.25, 0.3) is 0 Å². The quantitative estimate of drug-likeness (QED) is 0.443. The second kappa shape index (κ2) is 4.41. The summed E-state index contributed by atoms with van der Waals surface area (Å²) in [5.41, 5.74) is 0.536. The Morgan fingerprint density at radius 3 is 2.60 bits per heavy atom. The van der Waals surface area contributed by atoms with Gasteiger partial charge in [0.1, 0.15) is 5.75 Å². The average molecular weight is 206 g/mol. The predicted molar refractivity (Wildman–Crippen MR) is 54.0 cm³/mol. The molecule has 0 aliphatic carbocycles. The lowest BCUT2D eigenvalue weighted by Crippen LogP contribution is -2.12. The summed E-state index contributed by atoms with van der Waals surface area (Å²) in [7, 11) is 0. The highest BCUT2D eigenvalue weighted by Crippen LogP contribution is 2.19. The molecular formula is C11H10O4. The summed E-state index contributed by atoms with van der Waals surface area (Å²) in [6.07, 6.45) is 1.94. The van der Waals surface area contributed by atoms with Gasteiger partial charge in [-0.05, 0) is 30.2 Å². The van der Waals surface area contributed by atoms with Crippen LogP contribution in [0.4, 0.5) is 0 Å². The Kier molecular flexibility index (Phi) is 3.23. The molecule has 0 fully saturated rings. The maximum atomic E-state index is 11.1. The zero-order valence-corrected chi connectivity index (χ0v) is 7.93. The van der Waals surface area contributed by atoms with E-state index in [1.165, 1.54) is 18.2 Å². The Hall–Kier alpha value is -2.10. The van der Waals surface area contributed by atoms with Gasteiger partial charge >= 0.3 is 5.97 Å². The van der Waals surface area contributed by atoms with Crippen LogP contribution in [0.1, 0.15) is 15.9 Å². The Morgan fingerprint density at radius 1 is 1.40 bits per heavy atom. The van der Waals surface area contributed by atoms with Crippen molar-refractivity contribution < 1.29 is 19.8 Å². The number of benzene rings is 1. The largest absolute Gasteiger partial charge is 0.508 e. The minimum atomic E-state index is -1.51. The third-order valence-electron chi connectivity index (χ3n) is 1.90. The molecule has 0 saturated heterocycles. The van der Waals surface area contributed by atoms with E-state index in [0.717, 1.165) is 0 Å². The molecule has 2 N–H and O–H groups in total. The third kappa shape index (κ3) is 2.43. The molecule has 0 spiro atoms. The first kappa shape index (κ1) is 11.0. The highest BCUT2D eigenvalue weighted by molar-refractivity contribution is 6.39. The third-order valence-corrected chi connectivity index (χ3v) is 1.90. The number of hydrogen-bond acceptors (Lipinski definition) is 3. The van der Waals surface area contributed by atoms with Gasteiger partial charge in [0.25, 0.3) is 5.78 Å². The van der Waals surface area contributed by atoms with Crippen molar-refractivity contribution in [2.24, 2.45) is 0 Å². The maximum Gasteiger partial charge on any atom is 0.377 e. The molecule has 1 rings (SSSR count). The second-order valence-corrected chi connectivity index (χ2v) is 2.97. The summed E-state index contributed by atoms with van der Waals surface area (Å²) in [4.78, 5) is 21.5. The molecule has 4 nitrogen and oxygen atoms in total. The van der Waals surface area contributed by atoms with E-state index in [-0.39, 0.29) is 11.3 Å². The van der Waals surface area contributed by atoms with Gasteiger partial charge in [-0.1, -0.05) is 6.08 Å². The van der Waals surface area contributed by atoms with E-state index in [1.807, 2.05) is 0 Å². The Labute approximate surface area is 86.5 Å². The van der Waals surface area contributed by atoms with Gasteiger partial charge in [-0.2, -0.15) is 0 Å². The lowest BCUT2D eigenvalue weighted by molar-refractivity contribution is -0.131. The maximum absolute atomic E-state index is 11.1. The Morgan fingerprint density at radius 2 is 2.07 bits per heavy atom. The molecule has 0 aromatic heterocycles. The fourth-order valence-corrected chi connectivity index (χ4v) is 1.17. The van der Waals surface area contributed by atoms with Crippen molar-refractivity contribution in [3.05, 3.63) is 42.0 Å². The molecule has 78 valence electrons. The Balaban J connectivity index is 3.12. The number of allylic oxidation sites excluding steroid dienone is 1. The van der Waals surface area contributed by atoms with Crippen LogP contribution in [0.3, 0.4) is 0 Å². The molecule has 0 atom stereocenters. The number of carboxylic acid groups (broad SMARTS) is 1. The van der Waals surface area contributed by atoms with Crippen molar-refractivity contribution in [3.8, 4) is 5.75 Å². The molecule has 0 amide bonds. The van der Waals surface area contributed by atoms with E-state index >= 15 is 0 Å². The summed E-state index contributed by atoms with van der Waals surface area (Å²) in [6, 6.07) is 3.93. The lowest BCUT2D eigenvalue weighted by atomic mass is 10.0. The van der Waals surface area contributed by atoms with Crippen LogP contribution >= 0.6 is 0 Å². The normalized spacial score (nSPS) is 9.60. The molecule has 0 radical (unpaired) electrons. The first-order chi connectivity index (χ1) is 7.06. The van der Waals surface area contributed by atoms with E-state index < -0.39 is 11.8 Å². The van der Waals surface area contributed by atoms with Crippen molar-refractivity contribution in [1.29, 1.82) is 0 Å². The SMILES string of the molecule is C=CCc1cc(C(=O)C(=O)O)ccc1O. The van der Waals surface area contributed by atoms with E-state index in [9.17, 15) is 14.7 Å². The summed E-state index contributed by atoms with van der Waals surface area (Å²) < 4.78 is 0. The van der Waals surface area contributed by atoms with Gasteiger partial charge in [-0.3, -0.25) is 4.79 Å². The number of aromatic hydroxyl groups is 1. The molecule has 0 saturated carbocycles. The van der Waals surface area contributed by atoms with Gasteiger partial charge in [0.05, 0.1) is 0 Å². The van der Waals surface area contributed by atoms with Crippen LogP contribution in [0.5, 0.6) is 5.75 Å². The molecule has 0 aliphatic rings. The molecule has 0 unspecified atom stereocenters. The number of hydrogen-bond donors (Lipinski definition) is 2. The summed E-state index contributed by atoms with van der Waals surface area (Å²) in [6.45, 7) is 3.49. The van der Waals surface area contributed by atoms with Crippen LogP contribution in [-0.4, -0.2) is 22.0 Å². The number of carboxylic acids is 1. The number of ketones is 1. The van der Waals surface area contributed by atoms with E-state index in [4.69, 9.17) is 5.11 Å². The van der Waals surface area contributed by atoms with Gasteiger partial charge in [-0.25, -0.2) is 4.79 Å². The van der Waals surface area contributed by atoms with Gasteiger partial charge in [-0.15, -0.1) is 6.58 Å². The smallest absolute Gasteiger partial charge is 0.377 e. The van der Waals surface area contributed by atoms with E-state index in [0.29, 0.717) is 12.0 Å². The summed E-state index contributed by atoms with van der Waals surface area (Å²) >= 11 is 0. The topological polar surface area (TPSA) is 74.6 Å². The molecule has 0 heterocycles. The number of rotatable bonds is 4. The number of phenols is 1. The zero-order valence-electron chi connectivity index (χ0n) is 7.93. The van der Waals surface area contributed by atoms with Gasteiger partial charge in [0.2, 0.25) is 0 Å². The highest BCUT2D eigenvalue weighted by Gasteiger charge is 2.15. The average Bonchev–Trinajstić information content (AvgIpc) is 2.20. The van der Waals surface area contributed by atoms with Gasteiger partial charge in [0.15, 0.2) is 0 Å². The fourth-order valence-electron chi connectivity index (χ4n) is 1.17. The van der Waals surface area contributed by atoms with Crippen molar-refractivity contribution in [2.75, 3.05) is 0 Å². The molecule has 4 heteroatoms.